The second kappa shape index (κ2) is 7.62. The molecule has 112 valence electrons. The van der Waals surface area contributed by atoms with Crippen molar-refractivity contribution in [3.05, 3.63) is 22.8 Å². The molecule has 0 saturated carbocycles. The minimum absolute atomic E-state index is 0.0724. The van der Waals surface area contributed by atoms with Crippen LogP contribution in [0.3, 0.4) is 0 Å². The fraction of sp³-hybridized carbons (Fsp3) is 0.556. The quantitative estimate of drug-likeness (QED) is 0.309. The standard InChI is InChI=1S/C9H12N8O4/c18-12-10-8-6-16(14-20-8)4-2-1-3-5-17-7-9(11-13-19)21-15-17/h6-7H,1-5H2. The van der Waals surface area contributed by atoms with Gasteiger partial charge in [-0.15, -0.1) is 10.2 Å². The van der Waals surface area contributed by atoms with E-state index in [9.17, 15) is 10.4 Å². The third kappa shape index (κ3) is 4.59. The Morgan fingerprint density at radius 3 is 1.76 bits per heavy atom. The number of hydrogen-bond acceptors (Lipinski definition) is 10. The number of nitrogens with zero attached hydrogens (tertiary/aromatic N) is 8. The minimum Gasteiger partial charge on any atom is -0.775 e. The van der Waals surface area contributed by atoms with Crippen LogP contribution < -0.4 is 9.36 Å². The molecule has 0 aliphatic carbocycles. The second-order valence-corrected chi connectivity index (χ2v) is 4.03. The zero-order valence-electron chi connectivity index (χ0n) is 10.9. The van der Waals surface area contributed by atoms with E-state index in [-0.39, 0.29) is 11.8 Å². The van der Waals surface area contributed by atoms with Crippen molar-refractivity contribution in [3.63, 3.8) is 0 Å². The van der Waals surface area contributed by atoms with Gasteiger partial charge in [-0.2, -0.15) is 0 Å². The Labute approximate surface area is 117 Å². The molecule has 12 heteroatoms. The van der Waals surface area contributed by atoms with Crippen LogP contribution in [0.2, 0.25) is 0 Å². The summed E-state index contributed by atoms with van der Waals surface area (Å²) in [4.78, 5) is 0. The summed E-state index contributed by atoms with van der Waals surface area (Å²) in [5.41, 5.74) is 0. The first kappa shape index (κ1) is 14.5. The van der Waals surface area contributed by atoms with Gasteiger partial charge in [0.05, 0.1) is 0 Å². The van der Waals surface area contributed by atoms with Crippen molar-refractivity contribution in [2.24, 2.45) is 20.8 Å². The lowest BCUT2D eigenvalue weighted by Crippen LogP contribution is -2.35. The maximum atomic E-state index is 9.90. The van der Waals surface area contributed by atoms with Crippen LogP contribution in [-0.2, 0) is 13.1 Å². The monoisotopic (exact) mass is 296 g/mol. The summed E-state index contributed by atoms with van der Waals surface area (Å²) in [7, 11) is 0. The van der Waals surface area contributed by atoms with Gasteiger partial charge in [0.15, 0.2) is 13.1 Å². The highest BCUT2D eigenvalue weighted by Gasteiger charge is 2.12. The summed E-state index contributed by atoms with van der Waals surface area (Å²) < 4.78 is 12.6. The lowest BCUT2D eigenvalue weighted by molar-refractivity contribution is -0.765. The summed E-state index contributed by atoms with van der Waals surface area (Å²) in [6, 6.07) is 0. The van der Waals surface area contributed by atoms with Gasteiger partial charge in [-0.1, -0.05) is 9.36 Å². The Morgan fingerprint density at radius 1 is 0.857 bits per heavy atom. The van der Waals surface area contributed by atoms with Crippen molar-refractivity contribution < 1.29 is 18.4 Å². The molecule has 0 spiro atoms. The highest BCUT2D eigenvalue weighted by molar-refractivity contribution is 5.09. The Bertz CT molecular complexity index is 554. The number of aryl methyl sites for hydroxylation is 2. The third-order valence-electron chi connectivity index (χ3n) is 2.55. The van der Waals surface area contributed by atoms with Crippen molar-refractivity contribution in [1.29, 1.82) is 0 Å². The normalized spacial score (nSPS) is 11.8. The first-order valence-electron chi connectivity index (χ1n) is 6.11. The maximum Gasteiger partial charge on any atom is 0.339 e. The number of hydrogen-bond donors (Lipinski definition) is 0. The Kier molecular flexibility index (Phi) is 5.25. The molecule has 2 aromatic heterocycles. The lowest BCUT2D eigenvalue weighted by atomic mass is 10.2. The predicted octanol–water partition coefficient (Wildman–Crippen LogP) is 1.27. The minimum atomic E-state index is 0.0724. The topological polar surface area (TPSA) is 155 Å². The highest BCUT2D eigenvalue weighted by Crippen LogP contribution is 2.07. The molecule has 0 unspecified atom stereocenters. The summed E-state index contributed by atoms with van der Waals surface area (Å²) in [5, 5.41) is 38.2. The summed E-state index contributed by atoms with van der Waals surface area (Å²) in [6.07, 6.45) is 5.62. The first-order valence-corrected chi connectivity index (χ1v) is 6.11. The van der Waals surface area contributed by atoms with E-state index >= 15 is 0 Å². The van der Waals surface area contributed by atoms with Crippen LogP contribution in [0.25, 0.3) is 0 Å². The van der Waals surface area contributed by atoms with Gasteiger partial charge in [0.1, 0.15) is 0 Å². The molecule has 0 saturated heterocycles. The zero-order valence-corrected chi connectivity index (χ0v) is 10.9. The van der Waals surface area contributed by atoms with Gasteiger partial charge in [0.2, 0.25) is 10.5 Å². The summed E-state index contributed by atoms with van der Waals surface area (Å²) >= 11 is 0. The average molecular weight is 296 g/mol. The maximum absolute atomic E-state index is 9.90. The van der Waals surface area contributed by atoms with Gasteiger partial charge in [-0.3, -0.25) is 9.05 Å². The zero-order chi connectivity index (χ0) is 14.9. The van der Waals surface area contributed by atoms with E-state index in [1.807, 2.05) is 0 Å². The van der Waals surface area contributed by atoms with Crippen LogP contribution in [0.1, 0.15) is 19.3 Å². The SMILES string of the molecule is [O-]/N=N/c1c[n+](CCCCC[n+]2cc(/N=N/[O-])on2)no1. The Balaban J connectivity index is 1.64. The number of aromatic nitrogens is 4. The van der Waals surface area contributed by atoms with Crippen LogP contribution in [0.5, 0.6) is 0 Å². The van der Waals surface area contributed by atoms with E-state index in [4.69, 9.17) is 9.05 Å². The molecule has 0 N–H and O–H groups in total. The van der Waals surface area contributed by atoms with E-state index in [0.717, 1.165) is 19.3 Å². The number of unbranched alkanes of at least 4 members (excludes halogenated alkanes) is 2. The van der Waals surface area contributed by atoms with Gasteiger partial charge < -0.3 is 10.4 Å². The smallest absolute Gasteiger partial charge is 0.339 e. The van der Waals surface area contributed by atoms with Crippen molar-refractivity contribution in [2.45, 2.75) is 32.4 Å². The lowest BCUT2D eigenvalue weighted by Gasteiger charge is -1.90. The highest BCUT2D eigenvalue weighted by atomic mass is 16.5. The molecule has 0 fully saturated rings. The van der Waals surface area contributed by atoms with Crippen LogP contribution in [0, 0.1) is 10.4 Å². The van der Waals surface area contributed by atoms with Crippen LogP contribution in [0.15, 0.2) is 42.2 Å². The van der Waals surface area contributed by atoms with E-state index in [1.165, 1.54) is 12.4 Å². The Hall–Kier alpha value is -2.92. The second-order valence-electron chi connectivity index (χ2n) is 4.03. The largest absolute Gasteiger partial charge is 0.775 e. The fourth-order valence-electron chi connectivity index (χ4n) is 1.64. The molecule has 0 radical (unpaired) electrons. The summed E-state index contributed by atoms with van der Waals surface area (Å²) in [6.45, 7) is 1.27. The molecule has 0 atom stereocenters. The van der Waals surface area contributed by atoms with Crippen LogP contribution in [0.4, 0.5) is 11.8 Å². The predicted molar refractivity (Wildman–Crippen MR) is 63.0 cm³/mol. The molecule has 0 bridgehead atoms. The van der Waals surface area contributed by atoms with E-state index < -0.39 is 0 Å². The van der Waals surface area contributed by atoms with E-state index in [1.54, 1.807) is 9.36 Å². The molecular formula is C9H12N8O4. The van der Waals surface area contributed by atoms with Crippen molar-refractivity contribution >= 4 is 11.8 Å². The molecule has 0 amide bonds. The van der Waals surface area contributed by atoms with Crippen LogP contribution >= 0.6 is 0 Å². The molecule has 21 heavy (non-hydrogen) atoms. The van der Waals surface area contributed by atoms with E-state index in [0.29, 0.717) is 13.1 Å². The fourth-order valence-corrected chi connectivity index (χ4v) is 1.64. The van der Waals surface area contributed by atoms with Gasteiger partial charge >= 0.3 is 11.8 Å². The molecule has 0 aromatic carbocycles. The van der Waals surface area contributed by atoms with Crippen molar-refractivity contribution in [2.75, 3.05) is 0 Å². The molecular weight excluding hydrogens is 284 g/mol. The summed E-state index contributed by atoms with van der Waals surface area (Å²) in [5.74, 6) is 0.145. The first-order chi connectivity index (χ1) is 10.3. The Morgan fingerprint density at radius 2 is 1.33 bits per heavy atom. The molecule has 12 nitrogen and oxygen atoms in total. The molecule has 2 aromatic rings. The van der Waals surface area contributed by atoms with Gasteiger partial charge in [0.25, 0.3) is 12.4 Å². The van der Waals surface area contributed by atoms with Gasteiger partial charge in [0, 0.05) is 12.8 Å². The average Bonchev–Trinajstić information content (AvgIpc) is 3.09. The van der Waals surface area contributed by atoms with Crippen molar-refractivity contribution in [1.82, 2.24) is 10.5 Å². The molecule has 0 aliphatic heterocycles. The van der Waals surface area contributed by atoms with Gasteiger partial charge in [-0.25, -0.2) is 10.6 Å². The molecule has 2 rings (SSSR count). The van der Waals surface area contributed by atoms with Gasteiger partial charge in [-0.05, 0) is 6.42 Å². The third-order valence-corrected chi connectivity index (χ3v) is 2.55. The molecule has 0 aliphatic rings. The van der Waals surface area contributed by atoms with Crippen LogP contribution in [-0.4, -0.2) is 10.5 Å². The molecule has 2 heterocycles. The van der Waals surface area contributed by atoms with Crippen molar-refractivity contribution in [3.8, 4) is 0 Å². The number of rotatable bonds is 8. The van der Waals surface area contributed by atoms with E-state index in [2.05, 4.69) is 31.3 Å².